The number of carbonyl (C=O) groups excluding carboxylic acids is 1. The molecule has 0 aromatic carbocycles. The van der Waals surface area contributed by atoms with Crippen LogP contribution in [0.15, 0.2) is 0 Å². The highest BCUT2D eigenvalue weighted by atomic mass is 16.2. The molecule has 0 aromatic heterocycles. The van der Waals surface area contributed by atoms with Crippen LogP contribution in [0.1, 0.15) is 276 Å². The monoisotopic (exact) mass is 1130 g/mol. The number of unbranched alkanes of at least 4 members (excludes halogenated alkanes) is 35. The van der Waals surface area contributed by atoms with Crippen LogP contribution in [0.2, 0.25) is 27.3 Å². The van der Waals surface area contributed by atoms with Crippen LogP contribution < -0.4 is 21.7 Å². The summed E-state index contributed by atoms with van der Waals surface area (Å²) in [7, 11) is 2.00. The Morgan fingerprint density at radius 2 is 0.650 bits per heavy atom. The molecular weight excluding hydrogens is 992 g/mol. The van der Waals surface area contributed by atoms with Gasteiger partial charge in [0, 0.05) is 13.0 Å². The summed E-state index contributed by atoms with van der Waals surface area (Å²) in [6.45, 7) is 17.8. The van der Waals surface area contributed by atoms with E-state index in [4.69, 9.17) is 5.73 Å². The van der Waals surface area contributed by atoms with Crippen molar-refractivity contribution in [2.75, 3.05) is 92.6 Å². The molecule has 13 nitrogen and oxygen atoms in total. The molecule has 0 bridgehead atoms. The summed E-state index contributed by atoms with van der Waals surface area (Å²) in [5.74, 6) is 0.778. The van der Waals surface area contributed by atoms with E-state index in [0.29, 0.717) is 12.3 Å². The van der Waals surface area contributed by atoms with Crippen molar-refractivity contribution in [1.29, 1.82) is 0 Å². The smallest absolute Gasteiger partial charge is 0.376 e. The summed E-state index contributed by atoms with van der Waals surface area (Å²) in [6.07, 6.45) is 55.6. The maximum atomic E-state index is 12.5. The summed E-state index contributed by atoms with van der Waals surface area (Å²) in [6, 6.07) is 0. The van der Waals surface area contributed by atoms with Crippen molar-refractivity contribution >= 4 is 34.1 Å². The molecule has 0 saturated heterocycles. The topological polar surface area (TPSA) is 173 Å². The molecule has 0 fully saturated rings. The van der Waals surface area contributed by atoms with Crippen molar-refractivity contribution in [3.8, 4) is 0 Å². The van der Waals surface area contributed by atoms with Gasteiger partial charge in [0.25, 0.3) is 0 Å². The highest BCUT2D eigenvalue weighted by Gasteiger charge is 2.19. The molecule has 0 aromatic rings. The third-order valence-corrected chi connectivity index (χ3v) is 17.2. The first-order chi connectivity index (χ1) is 38.9. The molecule has 0 aliphatic rings. The molecule has 9 N–H and O–H groups in total. The van der Waals surface area contributed by atoms with E-state index in [-0.39, 0.29) is 5.91 Å². The van der Waals surface area contributed by atoms with Gasteiger partial charge >= 0.3 is 28.2 Å². The van der Waals surface area contributed by atoms with Crippen molar-refractivity contribution in [3.05, 3.63) is 0 Å². The molecule has 0 heterocycles. The highest BCUT2D eigenvalue weighted by Crippen LogP contribution is 2.18. The third kappa shape index (κ3) is 56.4. The van der Waals surface area contributed by atoms with E-state index in [1.165, 1.54) is 212 Å². The summed E-state index contributed by atoms with van der Waals surface area (Å²) in [5.41, 5.74) is 5.58. The second-order valence-electron chi connectivity index (χ2n) is 25.0. The zero-order valence-electron chi connectivity index (χ0n) is 54.3. The number of rotatable bonds is 66. The van der Waals surface area contributed by atoms with Crippen molar-refractivity contribution in [2.24, 2.45) is 11.7 Å². The van der Waals surface area contributed by atoms with Gasteiger partial charge in [-0.1, -0.05) is 205 Å². The lowest BCUT2D eigenvalue weighted by Gasteiger charge is -2.25. The summed E-state index contributed by atoms with van der Waals surface area (Å²) < 4.78 is 0. The highest BCUT2D eigenvalue weighted by molar-refractivity contribution is 6.46. The first-order valence-electron chi connectivity index (χ1n) is 34.9. The third-order valence-electron chi connectivity index (χ3n) is 17.2. The van der Waals surface area contributed by atoms with Gasteiger partial charge in [-0.25, -0.2) is 0 Å². The van der Waals surface area contributed by atoms with Crippen LogP contribution in [0.5, 0.6) is 0 Å². The Kier molecular flexibility index (Phi) is 60.8. The quantitative estimate of drug-likeness (QED) is 0.0214. The summed E-state index contributed by atoms with van der Waals surface area (Å²) in [5, 5.41) is 50.9. The van der Waals surface area contributed by atoms with Gasteiger partial charge in [-0.15, -0.1) is 0 Å². The van der Waals surface area contributed by atoms with E-state index < -0.39 is 28.2 Å². The van der Waals surface area contributed by atoms with E-state index >= 15 is 0 Å². The summed E-state index contributed by atoms with van der Waals surface area (Å²) >= 11 is 0. The van der Waals surface area contributed by atoms with Gasteiger partial charge in [-0.05, 0) is 184 Å². The van der Waals surface area contributed by atoms with Crippen LogP contribution in [-0.4, -0.2) is 166 Å². The predicted molar refractivity (Wildman–Crippen MR) is 354 cm³/mol. The van der Waals surface area contributed by atoms with Crippen LogP contribution in [0.3, 0.4) is 0 Å². The van der Waals surface area contributed by atoms with Crippen molar-refractivity contribution in [2.45, 2.75) is 303 Å². The maximum Gasteiger partial charge on any atom is 0.376 e. The number of hydrogen-bond acceptors (Lipinski definition) is 12. The van der Waals surface area contributed by atoms with Gasteiger partial charge < -0.3 is 61.0 Å². The van der Waals surface area contributed by atoms with Crippen LogP contribution in [0, 0.1) is 5.92 Å². The Morgan fingerprint density at radius 1 is 0.362 bits per heavy atom. The van der Waals surface area contributed by atoms with E-state index in [1.807, 2.05) is 37.4 Å². The predicted octanol–water partition coefficient (Wildman–Crippen LogP) is 12.5. The molecule has 0 radical (unpaired) electrons. The van der Waals surface area contributed by atoms with Gasteiger partial charge in [0.2, 0.25) is 5.91 Å². The van der Waals surface area contributed by atoms with E-state index in [9.17, 15) is 24.9 Å². The molecule has 0 rings (SSSR count). The zero-order valence-corrected chi connectivity index (χ0v) is 54.3. The number of nitrogens with one attached hydrogen (secondary N) is 3. The molecule has 1 amide bonds. The molecule has 0 aliphatic carbocycles. The summed E-state index contributed by atoms with van der Waals surface area (Å²) in [4.78, 5) is 20.7. The fraction of sp³-hybridized carbons (Fsp3) is 0.984. The van der Waals surface area contributed by atoms with E-state index in [2.05, 4.69) is 25.6 Å². The largest absolute Gasteiger partial charge is 0.437 e. The minimum Gasteiger partial charge on any atom is -0.437 e. The van der Waals surface area contributed by atoms with Crippen molar-refractivity contribution in [1.82, 2.24) is 35.2 Å². The Labute approximate surface area is 499 Å². The first-order valence-corrected chi connectivity index (χ1v) is 34.9. The van der Waals surface area contributed by atoms with Crippen molar-refractivity contribution in [3.63, 3.8) is 0 Å². The number of nitrogens with two attached hydrogens (primary N) is 1. The molecule has 17 heteroatoms. The fourth-order valence-electron chi connectivity index (χ4n) is 11.2. The number of carbonyl (C=O) groups is 1. The number of amides is 1. The Morgan fingerprint density at radius 3 is 0.975 bits per heavy atom. The van der Waals surface area contributed by atoms with Gasteiger partial charge in [-0.2, -0.15) is 0 Å². The number of nitrogens with zero attached hydrogens (tertiary/aromatic N) is 4. The molecule has 0 saturated carbocycles. The van der Waals surface area contributed by atoms with E-state index in [1.54, 1.807) is 13.6 Å². The minimum atomic E-state index is -0.471. The van der Waals surface area contributed by atoms with Gasteiger partial charge in [0.05, 0.1) is 0 Å². The second-order valence-corrected chi connectivity index (χ2v) is 25.0. The Balaban J connectivity index is 4.02. The Hall–Kier alpha value is -0.710. The molecular formula is C63H138B4N8O5. The lowest BCUT2D eigenvalue weighted by atomic mass is 9.83. The lowest BCUT2D eigenvalue weighted by molar-refractivity contribution is -0.121. The maximum absolute atomic E-state index is 12.5. The first kappa shape index (κ1) is 79.3. The molecule has 0 aliphatic heterocycles. The van der Waals surface area contributed by atoms with Gasteiger partial charge in [0.15, 0.2) is 0 Å². The standard InChI is InChI=1S/C63H138B4N8O5/c1-64(77)72(5)54-46-58-74(66(3)79)56-44-42-51-69-60-62(61-70-52-43-45-57-75(67(4)80)59-47-55-73(6)65(2)78)48-38-35-37-41-53-71-63(76)49-39-34-32-30-28-26-24-22-20-18-16-14-12-10-8-7-9-11-13-15-17-19-21-23-25-27-29-31-33-36-40-50-68/h62,69-70,77-80H,7-61,68H2,1-6H3,(H,71,76). The molecule has 472 valence electrons. The van der Waals surface area contributed by atoms with Crippen LogP contribution in [0.4, 0.5) is 0 Å². The fourth-order valence-corrected chi connectivity index (χ4v) is 11.2. The second kappa shape index (κ2) is 61.4. The van der Waals surface area contributed by atoms with Crippen LogP contribution in [-0.2, 0) is 4.79 Å². The molecule has 0 atom stereocenters. The lowest BCUT2D eigenvalue weighted by Crippen LogP contribution is -2.41. The van der Waals surface area contributed by atoms with Gasteiger partial charge in [-0.3, -0.25) is 4.79 Å². The average molecular weight is 1130 g/mol. The van der Waals surface area contributed by atoms with E-state index in [0.717, 1.165) is 136 Å². The normalized spacial score (nSPS) is 11.9. The molecule has 0 unspecified atom stereocenters. The minimum absolute atomic E-state index is 0.226. The zero-order chi connectivity index (χ0) is 58.8. The average Bonchev–Trinajstić information content (AvgIpc) is 3.43. The SMILES string of the molecule is CB(O)N(C)CCCN(CCCCNCC(CCCCCCNC(=O)CCCCCCCCCCCCCCCCCCCCCCCCCCCCCCCCCN)CNCCCCN(CCCN(C)B(C)O)B(C)O)B(C)O. The number of hydrogen-bond donors (Lipinski definition) is 8. The van der Waals surface area contributed by atoms with Crippen LogP contribution in [0.25, 0.3) is 0 Å². The molecule has 80 heavy (non-hydrogen) atoms. The van der Waals surface area contributed by atoms with Crippen LogP contribution >= 0.6 is 0 Å². The van der Waals surface area contributed by atoms with Gasteiger partial charge in [0.1, 0.15) is 0 Å². The Bertz CT molecular complexity index is 1210. The molecule has 0 spiro atoms. The van der Waals surface area contributed by atoms with Crippen molar-refractivity contribution < 1.29 is 24.9 Å².